The fourth-order valence-corrected chi connectivity index (χ4v) is 7.18. The summed E-state index contributed by atoms with van der Waals surface area (Å²) >= 11 is 0. The van der Waals surface area contributed by atoms with Crippen molar-refractivity contribution < 1.29 is 48.6 Å². The number of hydrogen-bond donors (Lipinski definition) is 11. The molecule has 0 bridgehead atoms. The highest BCUT2D eigenvalue weighted by Gasteiger charge is 2.36. The number of para-hydroxylation sites is 1. The van der Waals surface area contributed by atoms with Crippen LogP contribution in [-0.2, 0) is 44.8 Å². The zero-order valence-electron chi connectivity index (χ0n) is 38.6. The van der Waals surface area contributed by atoms with E-state index < -0.39 is 102 Å². The summed E-state index contributed by atoms with van der Waals surface area (Å²) in [6, 6.07) is -1.25. The lowest BCUT2D eigenvalue weighted by molar-refractivity contribution is -0.143. The number of carbonyl (C=O) groups excluding carboxylic acids is 6. The second kappa shape index (κ2) is 26.9. The van der Waals surface area contributed by atoms with Crippen molar-refractivity contribution in [2.24, 2.45) is 35.1 Å². The Balaban J connectivity index is 2.52. The van der Waals surface area contributed by atoms with Gasteiger partial charge in [-0.2, -0.15) is 0 Å². The summed E-state index contributed by atoms with van der Waals surface area (Å²) in [5.41, 5.74) is 13.0. The molecule has 8 atom stereocenters. The maximum atomic E-state index is 14.5. The number of nitrogens with two attached hydrogens (primary N) is 2. The fraction of sp³-hybridized carbons (Fsp3) is 0.644. The van der Waals surface area contributed by atoms with Crippen molar-refractivity contribution in [3.63, 3.8) is 0 Å². The number of aliphatic carboxylic acids is 2. The van der Waals surface area contributed by atoms with Crippen molar-refractivity contribution in [3.8, 4) is 0 Å². The molecule has 19 heteroatoms. The highest BCUT2D eigenvalue weighted by molar-refractivity contribution is 5.98. The van der Waals surface area contributed by atoms with E-state index in [1.54, 1.807) is 13.1 Å². The van der Waals surface area contributed by atoms with E-state index >= 15 is 0 Å². The number of rotatable bonds is 29. The molecule has 2 aromatic rings. The lowest BCUT2D eigenvalue weighted by Gasteiger charge is -2.30. The molecule has 1 aromatic heterocycles. The van der Waals surface area contributed by atoms with E-state index in [0.717, 1.165) is 10.9 Å². The first kappa shape index (κ1) is 54.6. The summed E-state index contributed by atoms with van der Waals surface area (Å²) in [4.78, 5) is 110. The van der Waals surface area contributed by atoms with Gasteiger partial charge in [0, 0.05) is 23.5 Å². The van der Waals surface area contributed by atoms with Crippen LogP contribution in [0, 0.1) is 23.7 Å². The molecule has 0 saturated carbocycles. The zero-order valence-corrected chi connectivity index (χ0v) is 38.6. The molecule has 0 aliphatic heterocycles. The van der Waals surface area contributed by atoms with Crippen molar-refractivity contribution in [2.45, 2.75) is 155 Å². The van der Waals surface area contributed by atoms with Crippen LogP contribution in [0.5, 0.6) is 0 Å². The Bertz CT molecular complexity index is 1880. The molecule has 0 unspecified atom stereocenters. The third-order valence-electron chi connectivity index (χ3n) is 10.8. The summed E-state index contributed by atoms with van der Waals surface area (Å²) < 4.78 is 0. The number of nitrogens with one attached hydrogen (secondary N) is 7. The van der Waals surface area contributed by atoms with Crippen LogP contribution in [0.25, 0.3) is 10.9 Å². The molecule has 358 valence electrons. The molecule has 19 nitrogen and oxygen atoms in total. The van der Waals surface area contributed by atoms with Gasteiger partial charge in [0.05, 0.1) is 12.5 Å². The van der Waals surface area contributed by atoms with Crippen LogP contribution >= 0.6 is 0 Å². The predicted octanol–water partition coefficient (Wildman–Crippen LogP) is 1.82. The molecule has 2 rings (SSSR count). The Morgan fingerprint density at radius 2 is 1.11 bits per heavy atom. The molecule has 0 radical (unpaired) electrons. The van der Waals surface area contributed by atoms with E-state index in [1.807, 2.05) is 72.7 Å². The van der Waals surface area contributed by atoms with E-state index in [9.17, 15) is 43.5 Å². The SMILES string of the molecule is CC[C@H](C)[C@H](NC(=O)[C@H](CC(C)C)NC(=O)[C@@H](N)CC(=O)O)C(=O)N[C@@H](Cc1c[nH]c2ccccc12)C(=O)N[C@@H](CCCCN)C(=O)N[C@@H](CC(C)C)C(=O)N[C@@H](CC(C)C)C(=O)O. The Kier molecular flexibility index (Phi) is 23.0. The Morgan fingerprint density at radius 3 is 1.66 bits per heavy atom. The molecule has 64 heavy (non-hydrogen) atoms. The number of carbonyl (C=O) groups is 8. The van der Waals surface area contributed by atoms with Gasteiger partial charge in [-0.15, -0.1) is 0 Å². The van der Waals surface area contributed by atoms with Crippen LogP contribution in [0.2, 0.25) is 0 Å². The molecule has 6 amide bonds. The van der Waals surface area contributed by atoms with Gasteiger partial charge in [0.15, 0.2) is 0 Å². The number of unbranched alkanes of at least 4 members (excludes halogenated alkanes) is 1. The standard InChI is InChI=1S/C45H73N9O10/c1-9-27(8)38(54-43(61)34(19-25(4)5)50-39(57)30(47)22-37(55)56)44(62)52-35(21-28-23-48-31-15-11-10-14-29(28)31)42(60)49-32(16-12-13-17-46)40(58)51-33(18-24(2)3)41(59)53-36(45(63)64)20-26(6)7/h10-11,14-15,23-27,30,32-36,38,48H,9,12-13,16-22,46-47H2,1-8H3,(H,49,60)(H,50,57)(H,51,58)(H,52,62)(H,53,59)(H,54,61)(H,55,56)(H,63,64)/t27-,30-,32-,33-,34-,35-,36-,38-/m0/s1. The molecular weight excluding hydrogens is 827 g/mol. The van der Waals surface area contributed by atoms with Gasteiger partial charge < -0.3 is 58.6 Å². The maximum absolute atomic E-state index is 14.5. The van der Waals surface area contributed by atoms with Crippen LogP contribution in [0.15, 0.2) is 30.5 Å². The number of benzene rings is 1. The number of aromatic nitrogens is 1. The Hall–Kier alpha value is -5.56. The first-order valence-corrected chi connectivity index (χ1v) is 22.4. The highest BCUT2D eigenvalue weighted by atomic mass is 16.4. The van der Waals surface area contributed by atoms with E-state index in [-0.39, 0.29) is 49.9 Å². The van der Waals surface area contributed by atoms with Gasteiger partial charge in [-0.3, -0.25) is 33.6 Å². The van der Waals surface area contributed by atoms with Crippen molar-refractivity contribution >= 4 is 58.3 Å². The smallest absolute Gasteiger partial charge is 0.326 e. The van der Waals surface area contributed by atoms with Gasteiger partial charge in [-0.1, -0.05) is 80.0 Å². The summed E-state index contributed by atoms with van der Waals surface area (Å²) in [6.07, 6.45) is 2.97. The van der Waals surface area contributed by atoms with Crippen molar-refractivity contribution in [2.75, 3.05) is 6.54 Å². The quantitative estimate of drug-likeness (QED) is 0.0521. The minimum absolute atomic E-state index is 0.0399. The molecule has 0 saturated heterocycles. The average molecular weight is 900 g/mol. The van der Waals surface area contributed by atoms with Crippen LogP contribution in [-0.4, -0.2) is 111 Å². The Morgan fingerprint density at radius 1 is 0.625 bits per heavy atom. The van der Waals surface area contributed by atoms with Gasteiger partial charge in [0.25, 0.3) is 0 Å². The summed E-state index contributed by atoms with van der Waals surface area (Å²) in [5.74, 6) is -7.58. The van der Waals surface area contributed by atoms with Gasteiger partial charge >= 0.3 is 11.9 Å². The minimum Gasteiger partial charge on any atom is -0.481 e. The van der Waals surface area contributed by atoms with Crippen molar-refractivity contribution in [1.82, 2.24) is 36.9 Å². The summed E-state index contributed by atoms with van der Waals surface area (Å²) in [7, 11) is 0. The minimum atomic E-state index is -1.42. The van der Waals surface area contributed by atoms with Crippen molar-refractivity contribution in [3.05, 3.63) is 36.0 Å². The summed E-state index contributed by atoms with van der Waals surface area (Å²) in [6.45, 7) is 14.9. The van der Waals surface area contributed by atoms with E-state index in [4.69, 9.17) is 16.6 Å². The van der Waals surface area contributed by atoms with E-state index in [0.29, 0.717) is 31.4 Å². The predicted molar refractivity (Wildman–Crippen MR) is 242 cm³/mol. The molecule has 1 heterocycles. The van der Waals surface area contributed by atoms with Crippen LogP contribution < -0.4 is 43.4 Å². The van der Waals surface area contributed by atoms with Gasteiger partial charge in [0.1, 0.15) is 36.3 Å². The number of carboxylic acids is 2. The van der Waals surface area contributed by atoms with E-state index in [1.165, 1.54) is 0 Å². The number of aromatic amines is 1. The normalized spacial score (nSPS) is 15.3. The van der Waals surface area contributed by atoms with Crippen LogP contribution in [0.3, 0.4) is 0 Å². The molecule has 0 spiro atoms. The van der Waals surface area contributed by atoms with Crippen LogP contribution in [0.1, 0.15) is 112 Å². The largest absolute Gasteiger partial charge is 0.481 e. The molecule has 0 aliphatic rings. The molecule has 0 fully saturated rings. The number of carboxylic acid groups (broad SMARTS) is 2. The van der Waals surface area contributed by atoms with Gasteiger partial charge in [0.2, 0.25) is 35.4 Å². The number of fused-ring (bicyclic) bond motifs is 1. The van der Waals surface area contributed by atoms with Crippen LogP contribution in [0.4, 0.5) is 0 Å². The Labute approximate surface area is 376 Å². The highest BCUT2D eigenvalue weighted by Crippen LogP contribution is 2.20. The first-order chi connectivity index (χ1) is 30.1. The summed E-state index contributed by atoms with van der Waals surface area (Å²) in [5, 5.41) is 35.9. The average Bonchev–Trinajstić information content (AvgIpc) is 3.62. The zero-order chi connectivity index (χ0) is 48.3. The molecular formula is C45H73N9O10. The van der Waals surface area contributed by atoms with Crippen molar-refractivity contribution in [1.29, 1.82) is 0 Å². The van der Waals surface area contributed by atoms with E-state index in [2.05, 4.69) is 36.9 Å². The molecule has 13 N–H and O–H groups in total. The number of amides is 6. The fourth-order valence-electron chi connectivity index (χ4n) is 7.18. The van der Waals surface area contributed by atoms with Gasteiger partial charge in [-0.05, 0) is 80.4 Å². The molecule has 0 aliphatic carbocycles. The molecule has 1 aromatic carbocycles. The third kappa shape index (κ3) is 18.3. The van der Waals surface area contributed by atoms with Gasteiger partial charge in [-0.25, -0.2) is 4.79 Å². The maximum Gasteiger partial charge on any atom is 0.326 e. The lowest BCUT2D eigenvalue weighted by Crippen LogP contribution is -2.61. The first-order valence-electron chi connectivity index (χ1n) is 22.4. The second-order valence-corrected chi connectivity index (χ2v) is 18.0. The topological polar surface area (TPSA) is 317 Å². The third-order valence-corrected chi connectivity index (χ3v) is 10.8. The monoisotopic (exact) mass is 900 g/mol. The lowest BCUT2D eigenvalue weighted by atomic mass is 9.95. The number of hydrogen-bond acceptors (Lipinski definition) is 10. The second-order valence-electron chi connectivity index (χ2n) is 18.0. The number of H-pyrrole nitrogens is 1.